The third kappa shape index (κ3) is 2.14. The minimum atomic E-state index is -0.216. The molecule has 19 heavy (non-hydrogen) atoms. The molecular formula is C15H15NO3. The number of rotatable bonds is 1. The fourth-order valence-electron chi connectivity index (χ4n) is 2.77. The molecule has 0 spiro atoms. The highest BCUT2D eigenvalue weighted by Crippen LogP contribution is 2.31. The molecule has 1 aliphatic heterocycles. The van der Waals surface area contributed by atoms with Gasteiger partial charge in [0.25, 0.3) is 5.91 Å². The lowest BCUT2D eigenvalue weighted by molar-refractivity contribution is -0.124. The number of hydrogen-bond donors (Lipinski definition) is 1. The van der Waals surface area contributed by atoms with E-state index in [0.29, 0.717) is 5.57 Å². The molecular weight excluding hydrogens is 242 g/mol. The van der Waals surface area contributed by atoms with E-state index in [1.54, 1.807) is 7.11 Å². The molecule has 1 aromatic rings. The van der Waals surface area contributed by atoms with E-state index in [-0.39, 0.29) is 18.2 Å². The van der Waals surface area contributed by atoms with Gasteiger partial charge in [0.05, 0.1) is 13.5 Å². The van der Waals surface area contributed by atoms with Crippen molar-refractivity contribution >= 4 is 11.8 Å². The fourth-order valence-corrected chi connectivity index (χ4v) is 2.77. The van der Waals surface area contributed by atoms with Crippen LogP contribution in [-0.2, 0) is 22.4 Å². The highest BCUT2D eigenvalue weighted by Gasteiger charge is 2.28. The van der Waals surface area contributed by atoms with Gasteiger partial charge in [-0.15, -0.1) is 0 Å². The summed E-state index contributed by atoms with van der Waals surface area (Å²) in [4.78, 5) is 23.0. The van der Waals surface area contributed by atoms with E-state index >= 15 is 0 Å². The van der Waals surface area contributed by atoms with Gasteiger partial charge in [0, 0.05) is 5.57 Å². The molecule has 2 amide bonds. The normalized spacial score (nSPS) is 22.2. The van der Waals surface area contributed by atoms with Gasteiger partial charge in [-0.05, 0) is 42.5 Å². The predicted molar refractivity (Wildman–Crippen MR) is 69.8 cm³/mol. The minimum Gasteiger partial charge on any atom is -0.497 e. The Balaban J connectivity index is 1.95. The van der Waals surface area contributed by atoms with Crippen molar-refractivity contribution in [1.29, 1.82) is 0 Å². The zero-order chi connectivity index (χ0) is 13.4. The van der Waals surface area contributed by atoms with Crippen molar-refractivity contribution in [2.24, 2.45) is 0 Å². The Morgan fingerprint density at radius 2 is 1.95 bits per heavy atom. The summed E-state index contributed by atoms with van der Waals surface area (Å²) in [5, 5.41) is 2.35. The molecule has 1 aliphatic carbocycles. The maximum Gasteiger partial charge on any atom is 0.254 e. The molecule has 1 N–H and O–H groups in total. The number of amides is 2. The second kappa shape index (κ2) is 4.53. The van der Waals surface area contributed by atoms with E-state index in [1.807, 2.05) is 12.1 Å². The van der Waals surface area contributed by atoms with Crippen LogP contribution < -0.4 is 10.1 Å². The Bertz CT molecular complexity index is 601. The van der Waals surface area contributed by atoms with Gasteiger partial charge in [0.15, 0.2) is 0 Å². The molecule has 4 nitrogen and oxygen atoms in total. The molecule has 0 radical (unpaired) electrons. The average molecular weight is 257 g/mol. The standard InChI is InChI=1S/C15H15NO3/c1-19-12-5-4-9-2-3-10(6-11(9)7-12)13-8-14(17)16-15(13)18/h4-5,7H,2-3,6,8H2,1H3,(H,16,17,18)/b13-10+. The highest BCUT2D eigenvalue weighted by atomic mass is 16.5. The third-order valence-electron chi connectivity index (χ3n) is 3.80. The number of carbonyl (C=O) groups is 2. The zero-order valence-electron chi connectivity index (χ0n) is 10.8. The Hall–Kier alpha value is -2.10. The molecule has 0 aromatic heterocycles. The topological polar surface area (TPSA) is 55.4 Å². The molecule has 0 atom stereocenters. The van der Waals surface area contributed by atoms with E-state index in [9.17, 15) is 9.59 Å². The molecule has 1 aromatic carbocycles. The van der Waals surface area contributed by atoms with E-state index < -0.39 is 0 Å². The van der Waals surface area contributed by atoms with Gasteiger partial charge in [-0.1, -0.05) is 11.6 Å². The van der Waals surface area contributed by atoms with Crippen molar-refractivity contribution in [2.75, 3.05) is 7.11 Å². The largest absolute Gasteiger partial charge is 0.497 e. The van der Waals surface area contributed by atoms with E-state index in [4.69, 9.17) is 4.74 Å². The Labute approximate surface area is 111 Å². The summed E-state index contributed by atoms with van der Waals surface area (Å²) in [6, 6.07) is 6.06. The van der Waals surface area contributed by atoms with Crippen molar-refractivity contribution in [3.8, 4) is 5.75 Å². The first kappa shape index (κ1) is 12.0. The van der Waals surface area contributed by atoms with Gasteiger partial charge >= 0.3 is 0 Å². The second-order valence-electron chi connectivity index (χ2n) is 4.95. The smallest absolute Gasteiger partial charge is 0.254 e. The number of aryl methyl sites for hydroxylation is 1. The zero-order valence-corrected chi connectivity index (χ0v) is 10.8. The number of carbonyl (C=O) groups excluding carboxylic acids is 2. The van der Waals surface area contributed by atoms with Crippen molar-refractivity contribution in [3.05, 3.63) is 40.5 Å². The number of fused-ring (bicyclic) bond motifs is 1. The number of hydrogen-bond acceptors (Lipinski definition) is 3. The Kier molecular flexibility index (Phi) is 2.85. The fraction of sp³-hybridized carbons (Fsp3) is 0.333. The molecule has 3 rings (SSSR count). The first-order chi connectivity index (χ1) is 9.17. The van der Waals surface area contributed by atoms with Crippen molar-refractivity contribution in [1.82, 2.24) is 5.32 Å². The minimum absolute atomic E-state index is 0.191. The Morgan fingerprint density at radius 1 is 1.11 bits per heavy atom. The summed E-state index contributed by atoms with van der Waals surface area (Å²) in [5.74, 6) is 0.423. The molecule has 1 fully saturated rings. The molecule has 98 valence electrons. The quantitative estimate of drug-likeness (QED) is 0.613. The molecule has 4 heteroatoms. The lowest BCUT2D eigenvalue weighted by atomic mass is 9.85. The van der Waals surface area contributed by atoms with E-state index in [0.717, 1.165) is 30.6 Å². The van der Waals surface area contributed by atoms with Gasteiger partial charge in [-0.2, -0.15) is 0 Å². The monoisotopic (exact) mass is 257 g/mol. The molecule has 1 heterocycles. The van der Waals surface area contributed by atoms with Gasteiger partial charge in [0.2, 0.25) is 5.91 Å². The number of ether oxygens (including phenoxy) is 1. The van der Waals surface area contributed by atoms with Crippen molar-refractivity contribution < 1.29 is 14.3 Å². The summed E-state index contributed by atoms with van der Waals surface area (Å²) in [7, 11) is 1.65. The first-order valence-corrected chi connectivity index (χ1v) is 6.38. The van der Waals surface area contributed by atoms with Crippen LogP contribution in [0.1, 0.15) is 24.0 Å². The molecule has 1 saturated heterocycles. The van der Waals surface area contributed by atoms with Gasteiger partial charge < -0.3 is 4.74 Å². The Morgan fingerprint density at radius 3 is 2.63 bits per heavy atom. The van der Waals surface area contributed by atoms with Crippen LogP contribution in [0.15, 0.2) is 29.3 Å². The van der Waals surface area contributed by atoms with Gasteiger partial charge in [0.1, 0.15) is 5.75 Å². The molecule has 0 saturated carbocycles. The van der Waals surface area contributed by atoms with Crippen LogP contribution in [0.3, 0.4) is 0 Å². The number of nitrogens with one attached hydrogen (secondary N) is 1. The van der Waals surface area contributed by atoms with Crippen LogP contribution in [-0.4, -0.2) is 18.9 Å². The molecule has 0 bridgehead atoms. The number of methoxy groups -OCH3 is 1. The van der Waals surface area contributed by atoms with E-state index in [1.165, 1.54) is 11.1 Å². The van der Waals surface area contributed by atoms with Crippen LogP contribution in [0, 0.1) is 0 Å². The first-order valence-electron chi connectivity index (χ1n) is 6.38. The lowest BCUT2D eigenvalue weighted by Gasteiger charge is -2.20. The van der Waals surface area contributed by atoms with Crippen LogP contribution in [0.5, 0.6) is 5.75 Å². The summed E-state index contributed by atoms with van der Waals surface area (Å²) in [6.07, 6.45) is 2.74. The van der Waals surface area contributed by atoms with Gasteiger partial charge in [-0.25, -0.2) is 0 Å². The predicted octanol–water partition coefficient (Wildman–Crippen LogP) is 1.53. The number of benzene rings is 1. The van der Waals surface area contributed by atoms with Crippen LogP contribution in [0.4, 0.5) is 0 Å². The summed E-state index contributed by atoms with van der Waals surface area (Å²) < 4.78 is 5.23. The van der Waals surface area contributed by atoms with Crippen LogP contribution in [0.2, 0.25) is 0 Å². The van der Waals surface area contributed by atoms with Crippen molar-refractivity contribution in [3.63, 3.8) is 0 Å². The van der Waals surface area contributed by atoms with Gasteiger partial charge in [-0.3, -0.25) is 14.9 Å². The maximum absolute atomic E-state index is 11.7. The maximum atomic E-state index is 11.7. The van der Waals surface area contributed by atoms with Crippen LogP contribution >= 0.6 is 0 Å². The highest BCUT2D eigenvalue weighted by molar-refractivity contribution is 6.13. The summed E-state index contributed by atoms with van der Waals surface area (Å²) in [6.45, 7) is 0. The summed E-state index contributed by atoms with van der Waals surface area (Å²) in [5.41, 5.74) is 4.25. The number of imide groups is 1. The molecule has 2 aliphatic rings. The summed E-state index contributed by atoms with van der Waals surface area (Å²) >= 11 is 0. The van der Waals surface area contributed by atoms with Crippen LogP contribution in [0.25, 0.3) is 0 Å². The van der Waals surface area contributed by atoms with E-state index in [2.05, 4.69) is 11.4 Å². The molecule has 0 unspecified atom stereocenters. The average Bonchev–Trinajstić information content (AvgIpc) is 2.76. The SMILES string of the molecule is COc1ccc2c(c1)C/C(=C1\CC(=O)NC1=O)CC2. The van der Waals surface area contributed by atoms with Crippen molar-refractivity contribution in [2.45, 2.75) is 25.7 Å². The second-order valence-corrected chi connectivity index (χ2v) is 4.95. The lowest BCUT2D eigenvalue weighted by Crippen LogP contribution is -2.20. The third-order valence-corrected chi connectivity index (χ3v) is 3.80. The number of allylic oxidation sites excluding steroid dienone is 1.